The molecule has 0 unspecified atom stereocenters. The van der Waals surface area contributed by atoms with Gasteiger partial charge >= 0.3 is 0 Å². The van der Waals surface area contributed by atoms with Crippen molar-refractivity contribution in [2.75, 3.05) is 7.11 Å². The van der Waals surface area contributed by atoms with Gasteiger partial charge in [-0.15, -0.1) is 0 Å². The first-order valence-electron chi connectivity index (χ1n) is 8.39. The van der Waals surface area contributed by atoms with Crippen molar-refractivity contribution in [1.82, 2.24) is 10.3 Å². The van der Waals surface area contributed by atoms with Crippen LogP contribution in [0.1, 0.15) is 29.2 Å². The number of para-hydroxylation sites is 1. The molecule has 0 aliphatic heterocycles. The van der Waals surface area contributed by atoms with Crippen LogP contribution in [0.25, 0.3) is 21.7 Å². The smallest absolute Gasteiger partial charge is 0.270 e. The molecule has 0 saturated heterocycles. The van der Waals surface area contributed by atoms with Crippen molar-refractivity contribution >= 4 is 27.6 Å². The van der Waals surface area contributed by atoms with Gasteiger partial charge in [-0.05, 0) is 36.6 Å². The van der Waals surface area contributed by atoms with Gasteiger partial charge in [0.1, 0.15) is 17.0 Å². The summed E-state index contributed by atoms with van der Waals surface area (Å²) in [5.41, 5.74) is 1.11. The molecule has 2 heterocycles. The third-order valence-electron chi connectivity index (χ3n) is 4.35. The Hall–Kier alpha value is -3.34. The maximum atomic E-state index is 12.7. The molecule has 1 N–H and O–H groups in total. The highest BCUT2D eigenvalue weighted by molar-refractivity contribution is 5.98. The summed E-state index contributed by atoms with van der Waals surface area (Å²) in [5, 5.41) is 5.72. The summed E-state index contributed by atoms with van der Waals surface area (Å²) in [6.07, 6.45) is 0. The van der Waals surface area contributed by atoms with Crippen LogP contribution in [0.5, 0.6) is 5.88 Å². The molecule has 5 heteroatoms. The number of benzene rings is 2. The summed E-state index contributed by atoms with van der Waals surface area (Å²) in [6.45, 7) is 1.88. The predicted octanol–water partition coefficient (Wildman–Crippen LogP) is 4.48. The number of pyridine rings is 1. The number of hydrogen-bond donors (Lipinski definition) is 1. The van der Waals surface area contributed by atoms with Gasteiger partial charge in [0.05, 0.1) is 13.2 Å². The first kappa shape index (κ1) is 16.1. The number of fused-ring (bicyclic) bond motifs is 2. The highest BCUT2D eigenvalue weighted by atomic mass is 16.5. The predicted molar refractivity (Wildman–Crippen MR) is 100 cm³/mol. The summed E-state index contributed by atoms with van der Waals surface area (Å²) in [7, 11) is 1.55. The minimum atomic E-state index is -0.283. The molecule has 0 aliphatic rings. The van der Waals surface area contributed by atoms with Crippen LogP contribution in [0.4, 0.5) is 0 Å². The lowest BCUT2D eigenvalue weighted by atomic mass is 10.1. The lowest BCUT2D eigenvalue weighted by Gasteiger charge is -2.12. The summed E-state index contributed by atoms with van der Waals surface area (Å²) in [5.74, 6) is 0.860. The molecule has 130 valence electrons. The van der Waals surface area contributed by atoms with Crippen molar-refractivity contribution in [2.24, 2.45) is 0 Å². The Kier molecular flexibility index (Phi) is 4.05. The van der Waals surface area contributed by atoms with Gasteiger partial charge in [0.2, 0.25) is 5.88 Å². The lowest BCUT2D eigenvalue weighted by Crippen LogP contribution is -2.27. The highest BCUT2D eigenvalue weighted by Crippen LogP contribution is 2.26. The van der Waals surface area contributed by atoms with E-state index in [9.17, 15) is 4.79 Å². The van der Waals surface area contributed by atoms with E-state index in [1.165, 1.54) is 0 Å². The number of nitrogens with zero attached hydrogens (tertiary/aromatic N) is 1. The van der Waals surface area contributed by atoms with Crippen molar-refractivity contribution in [3.05, 3.63) is 72.1 Å². The van der Waals surface area contributed by atoms with Crippen LogP contribution < -0.4 is 10.1 Å². The maximum absolute atomic E-state index is 12.7. The van der Waals surface area contributed by atoms with Gasteiger partial charge in [0.15, 0.2) is 0 Å². The second kappa shape index (κ2) is 6.52. The molecule has 1 atom stereocenters. The number of amides is 1. The number of aromatic nitrogens is 1. The summed E-state index contributed by atoms with van der Waals surface area (Å²) in [6, 6.07) is 18.9. The van der Waals surface area contributed by atoms with E-state index in [0.717, 1.165) is 21.7 Å². The number of ether oxygens (including phenoxy) is 1. The van der Waals surface area contributed by atoms with Crippen molar-refractivity contribution in [2.45, 2.75) is 13.0 Å². The van der Waals surface area contributed by atoms with E-state index in [2.05, 4.69) is 10.3 Å². The first-order valence-corrected chi connectivity index (χ1v) is 8.39. The second-order valence-corrected chi connectivity index (χ2v) is 6.12. The van der Waals surface area contributed by atoms with Crippen molar-refractivity contribution in [3.63, 3.8) is 0 Å². The van der Waals surface area contributed by atoms with Crippen LogP contribution in [0.3, 0.4) is 0 Å². The van der Waals surface area contributed by atoms with E-state index in [1.807, 2.05) is 61.5 Å². The van der Waals surface area contributed by atoms with Gasteiger partial charge in [0.25, 0.3) is 5.91 Å². The third kappa shape index (κ3) is 2.88. The van der Waals surface area contributed by atoms with Crippen LogP contribution in [0.15, 0.2) is 65.1 Å². The Morgan fingerprint density at radius 3 is 2.58 bits per heavy atom. The average molecular weight is 346 g/mol. The monoisotopic (exact) mass is 346 g/mol. The Morgan fingerprint density at radius 2 is 1.81 bits per heavy atom. The fourth-order valence-corrected chi connectivity index (χ4v) is 3.00. The first-order chi connectivity index (χ1) is 12.7. The van der Waals surface area contributed by atoms with Crippen LogP contribution in [-0.2, 0) is 0 Å². The zero-order valence-electron chi connectivity index (χ0n) is 14.5. The van der Waals surface area contributed by atoms with Crippen molar-refractivity contribution < 1.29 is 13.9 Å². The van der Waals surface area contributed by atoms with E-state index in [0.29, 0.717) is 17.3 Å². The molecule has 5 nitrogen and oxygen atoms in total. The fourth-order valence-electron chi connectivity index (χ4n) is 3.00. The zero-order valence-corrected chi connectivity index (χ0v) is 14.5. The van der Waals surface area contributed by atoms with Crippen LogP contribution >= 0.6 is 0 Å². The van der Waals surface area contributed by atoms with E-state index in [4.69, 9.17) is 9.15 Å². The SMILES string of the molecule is COc1nc(C(=O)N[C@@H](C)c2cc3ccccc3o2)cc2ccccc12. The zero-order chi connectivity index (χ0) is 18.1. The topological polar surface area (TPSA) is 64.4 Å². The number of nitrogens with one attached hydrogen (secondary N) is 1. The number of hydrogen-bond acceptors (Lipinski definition) is 4. The molecule has 0 saturated carbocycles. The number of rotatable bonds is 4. The van der Waals surface area contributed by atoms with Crippen LogP contribution in [0, 0.1) is 0 Å². The minimum Gasteiger partial charge on any atom is -0.481 e. The minimum absolute atomic E-state index is 0.276. The second-order valence-electron chi connectivity index (χ2n) is 6.12. The normalized spacial score (nSPS) is 12.2. The molecular formula is C21H18N2O3. The third-order valence-corrected chi connectivity index (χ3v) is 4.35. The number of furan rings is 1. The van der Waals surface area contributed by atoms with Crippen molar-refractivity contribution in [3.8, 4) is 5.88 Å². The molecule has 1 amide bonds. The van der Waals surface area contributed by atoms with Gasteiger partial charge in [-0.2, -0.15) is 0 Å². The average Bonchev–Trinajstić information content (AvgIpc) is 3.11. The molecule has 4 aromatic rings. The Bertz CT molecular complexity index is 1070. The fraction of sp³-hybridized carbons (Fsp3) is 0.143. The Labute approximate surface area is 150 Å². The quantitative estimate of drug-likeness (QED) is 0.592. The number of carbonyl (C=O) groups excluding carboxylic acids is 1. The molecule has 4 rings (SSSR count). The standard InChI is InChI=1S/C21H18N2O3/c1-13(19-12-15-8-4-6-10-18(15)26-19)22-20(24)17-11-14-7-3-5-9-16(14)21(23-17)25-2/h3-13H,1-2H3,(H,22,24)/t13-/m0/s1. The van der Waals surface area contributed by atoms with Gasteiger partial charge in [0, 0.05) is 10.8 Å². The van der Waals surface area contributed by atoms with Crippen molar-refractivity contribution in [1.29, 1.82) is 0 Å². The molecular weight excluding hydrogens is 328 g/mol. The molecule has 2 aromatic heterocycles. The van der Waals surface area contributed by atoms with E-state index < -0.39 is 0 Å². The Balaban J connectivity index is 1.62. The lowest BCUT2D eigenvalue weighted by molar-refractivity contribution is 0.0930. The van der Waals surface area contributed by atoms with E-state index >= 15 is 0 Å². The van der Waals surface area contributed by atoms with E-state index in [1.54, 1.807) is 13.2 Å². The molecule has 0 bridgehead atoms. The molecule has 26 heavy (non-hydrogen) atoms. The molecule has 0 aliphatic carbocycles. The molecule has 0 radical (unpaired) electrons. The van der Waals surface area contributed by atoms with Crippen LogP contribution in [-0.4, -0.2) is 18.0 Å². The maximum Gasteiger partial charge on any atom is 0.270 e. The van der Waals surface area contributed by atoms with Gasteiger partial charge in [-0.25, -0.2) is 4.98 Å². The van der Waals surface area contributed by atoms with Gasteiger partial charge < -0.3 is 14.5 Å². The molecule has 2 aromatic carbocycles. The summed E-state index contributed by atoms with van der Waals surface area (Å²) in [4.78, 5) is 17.0. The Morgan fingerprint density at radius 1 is 1.08 bits per heavy atom. The highest BCUT2D eigenvalue weighted by Gasteiger charge is 2.18. The molecule has 0 fully saturated rings. The summed E-state index contributed by atoms with van der Waals surface area (Å²) >= 11 is 0. The molecule has 0 spiro atoms. The largest absolute Gasteiger partial charge is 0.481 e. The summed E-state index contributed by atoms with van der Waals surface area (Å²) < 4.78 is 11.2. The number of carbonyl (C=O) groups is 1. The number of methoxy groups -OCH3 is 1. The van der Waals surface area contributed by atoms with Gasteiger partial charge in [-0.1, -0.05) is 36.4 Å². The van der Waals surface area contributed by atoms with Crippen LogP contribution in [0.2, 0.25) is 0 Å². The van der Waals surface area contributed by atoms with E-state index in [-0.39, 0.29) is 11.9 Å². The van der Waals surface area contributed by atoms with Gasteiger partial charge in [-0.3, -0.25) is 4.79 Å².